The highest BCUT2D eigenvalue weighted by atomic mass is 19.1. The van der Waals surface area contributed by atoms with Gasteiger partial charge in [0.15, 0.2) is 0 Å². The van der Waals surface area contributed by atoms with E-state index >= 15 is 0 Å². The molecule has 0 aliphatic heterocycles. The summed E-state index contributed by atoms with van der Waals surface area (Å²) in [6.07, 6.45) is 3.19. The molecular weight excluding hydrogens is 248 g/mol. The van der Waals surface area contributed by atoms with E-state index in [1.54, 1.807) is 0 Å². The highest BCUT2D eigenvalue weighted by Gasteiger charge is 2.20. The van der Waals surface area contributed by atoms with Gasteiger partial charge in [-0.15, -0.1) is 0 Å². The van der Waals surface area contributed by atoms with Crippen molar-refractivity contribution in [2.24, 2.45) is 5.92 Å². The third-order valence-corrected chi connectivity index (χ3v) is 3.69. The summed E-state index contributed by atoms with van der Waals surface area (Å²) >= 11 is 0. The van der Waals surface area contributed by atoms with Crippen molar-refractivity contribution in [1.29, 1.82) is 0 Å². The Labute approximate surface area is 112 Å². The van der Waals surface area contributed by atoms with Gasteiger partial charge in [-0.25, -0.2) is 8.78 Å². The summed E-state index contributed by atoms with van der Waals surface area (Å²) in [6.45, 7) is 1.32. The van der Waals surface area contributed by atoms with E-state index in [1.165, 1.54) is 12.1 Å². The van der Waals surface area contributed by atoms with E-state index < -0.39 is 11.6 Å². The smallest absolute Gasteiger partial charge is 0.132 e. The molecule has 0 N–H and O–H groups in total. The van der Waals surface area contributed by atoms with Gasteiger partial charge in [-0.2, -0.15) is 0 Å². The number of hydrogen-bond donors (Lipinski definition) is 0. The van der Waals surface area contributed by atoms with Crippen LogP contribution in [0.3, 0.4) is 0 Å². The molecule has 0 aromatic heterocycles. The molecule has 2 nitrogen and oxygen atoms in total. The molecule has 4 heteroatoms. The maximum atomic E-state index is 13.5. The van der Waals surface area contributed by atoms with Crippen LogP contribution in [0.4, 0.5) is 8.78 Å². The van der Waals surface area contributed by atoms with Crippen molar-refractivity contribution < 1.29 is 13.6 Å². The second-order valence-electron chi connectivity index (χ2n) is 5.41. The zero-order valence-corrected chi connectivity index (χ0v) is 11.2. The molecular formula is C15H19F2NO. The van der Waals surface area contributed by atoms with Gasteiger partial charge in [-0.1, -0.05) is 6.07 Å². The van der Waals surface area contributed by atoms with Crippen molar-refractivity contribution in [2.45, 2.75) is 32.2 Å². The average Bonchev–Trinajstić information content (AvgIpc) is 2.36. The number of rotatable bonds is 4. The minimum absolute atomic E-state index is 0.350. The molecule has 0 saturated heterocycles. The molecule has 104 valence electrons. The van der Waals surface area contributed by atoms with E-state index in [0.717, 1.165) is 25.5 Å². The van der Waals surface area contributed by atoms with Crippen molar-refractivity contribution in [1.82, 2.24) is 4.90 Å². The molecule has 0 unspecified atom stereocenters. The van der Waals surface area contributed by atoms with Crippen LogP contribution in [-0.4, -0.2) is 24.3 Å². The SMILES string of the molecule is CN(Cc1ccc(F)cc1F)CC1CCC(=O)CC1. The predicted molar refractivity (Wildman–Crippen MR) is 69.7 cm³/mol. The minimum atomic E-state index is -0.547. The minimum Gasteiger partial charge on any atom is -0.302 e. The molecule has 1 aromatic rings. The second-order valence-corrected chi connectivity index (χ2v) is 5.41. The molecule has 1 saturated carbocycles. The molecule has 1 aliphatic carbocycles. The van der Waals surface area contributed by atoms with E-state index in [1.807, 2.05) is 11.9 Å². The lowest BCUT2D eigenvalue weighted by Gasteiger charge is -2.26. The Morgan fingerprint density at radius 2 is 1.95 bits per heavy atom. The standard InChI is InChI=1S/C15H19F2NO/c1-18(9-11-2-6-14(19)7-3-11)10-12-4-5-13(16)8-15(12)17/h4-5,8,11H,2-3,6-7,9-10H2,1H3. The monoisotopic (exact) mass is 267 g/mol. The first-order chi connectivity index (χ1) is 9.04. The summed E-state index contributed by atoms with van der Waals surface area (Å²) in [5.74, 6) is -0.185. The van der Waals surface area contributed by atoms with Crippen LogP contribution >= 0.6 is 0 Å². The number of Topliss-reactive ketones (excluding diaryl/α,β-unsaturated/α-hetero) is 1. The van der Waals surface area contributed by atoms with Gasteiger partial charge < -0.3 is 4.90 Å². The van der Waals surface area contributed by atoms with Gasteiger partial charge in [-0.05, 0) is 31.9 Å². The Morgan fingerprint density at radius 1 is 1.26 bits per heavy atom. The van der Waals surface area contributed by atoms with Gasteiger partial charge in [0.2, 0.25) is 0 Å². The number of hydrogen-bond acceptors (Lipinski definition) is 2. The summed E-state index contributed by atoms with van der Waals surface area (Å²) in [4.78, 5) is 13.2. The largest absolute Gasteiger partial charge is 0.302 e. The highest BCUT2D eigenvalue weighted by molar-refractivity contribution is 5.79. The molecule has 0 atom stereocenters. The number of carbonyl (C=O) groups excluding carboxylic acids is 1. The molecule has 19 heavy (non-hydrogen) atoms. The Kier molecular flexibility index (Phi) is 4.64. The van der Waals surface area contributed by atoms with Crippen molar-refractivity contribution in [3.05, 3.63) is 35.4 Å². The van der Waals surface area contributed by atoms with Crippen LogP contribution < -0.4 is 0 Å². The molecule has 1 aromatic carbocycles. The lowest BCUT2D eigenvalue weighted by Crippen LogP contribution is -2.28. The summed E-state index contributed by atoms with van der Waals surface area (Å²) in [5, 5.41) is 0. The van der Waals surface area contributed by atoms with Crippen LogP contribution in [0.2, 0.25) is 0 Å². The van der Waals surface area contributed by atoms with Crippen molar-refractivity contribution in [3.8, 4) is 0 Å². The summed E-state index contributed by atoms with van der Waals surface area (Å²) < 4.78 is 26.3. The van der Waals surface area contributed by atoms with E-state index in [2.05, 4.69) is 0 Å². The molecule has 2 rings (SSSR count). The Hall–Kier alpha value is -1.29. The molecule has 1 aliphatic rings. The third-order valence-electron chi connectivity index (χ3n) is 3.69. The van der Waals surface area contributed by atoms with Crippen LogP contribution in [0.15, 0.2) is 18.2 Å². The second kappa shape index (κ2) is 6.24. The first-order valence-electron chi connectivity index (χ1n) is 6.69. The van der Waals surface area contributed by atoms with Crippen molar-refractivity contribution in [3.63, 3.8) is 0 Å². The fraction of sp³-hybridized carbons (Fsp3) is 0.533. The lowest BCUT2D eigenvalue weighted by molar-refractivity contribution is -0.121. The van der Waals surface area contributed by atoms with Gasteiger partial charge in [-0.3, -0.25) is 4.79 Å². The van der Waals surface area contributed by atoms with Gasteiger partial charge in [0, 0.05) is 37.6 Å². The predicted octanol–water partition coefficient (Wildman–Crippen LogP) is 3.16. The highest BCUT2D eigenvalue weighted by Crippen LogP contribution is 2.22. The fourth-order valence-corrected chi connectivity index (χ4v) is 2.63. The third kappa shape index (κ3) is 4.10. The molecule has 0 bridgehead atoms. The Balaban J connectivity index is 1.87. The molecule has 0 heterocycles. The lowest BCUT2D eigenvalue weighted by atomic mass is 9.88. The average molecular weight is 267 g/mol. The quantitative estimate of drug-likeness (QED) is 0.835. The Morgan fingerprint density at radius 3 is 2.58 bits per heavy atom. The number of halogens is 2. The van der Waals surface area contributed by atoms with Crippen LogP contribution in [0.25, 0.3) is 0 Å². The van der Waals surface area contributed by atoms with Crippen LogP contribution in [0.1, 0.15) is 31.2 Å². The molecule has 1 fully saturated rings. The van der Waals surface area contributed by atoms with Gasteiger partial charge in [0.25, 0.3) is 0 Å². The van der Waals surface area contributed by atoms with Gasteiger partial charge >= 0.3 is 0 Å². The first-order valence-corrected chi connectivity index (χ1v) is 6.69. The van der Waals surface area contributed by atoms with Crippen LogP contribution in [0.5, 0.6) is 0 Å². The van der Waals surface area contributed by atoms with Crippen molar-refractivity contribution >= 4 is 5.78 Å². The zero-order valence-electron chi connectivity index (χ0n) is 11.2. The van der Waals surface area contributed by atoms with E-state index in [9.17, 15) is 13.6 Å². The number of carbonyl (C=O) groups is 1. The van der Waals surface area contributed by atoms with Crippen LogP contribution in [0, 0.1) is 17.6 Å². The van der Waals surface area contributed by atoms with Gasteiger partial charge in [0.1, 0.15) is 17.4 Å². The molecule has 0 radical (unpaired) electrons. The maximum absolute atomic E-state index is 13.5. The van der Waals surface area contributed by atoms with Gasteiger partial charge in [0.05, 0.1) is 0 Å². The first kappa shape index (κ1) is 14.1. The zero-order chi connectivity index (χ0) is 13.8. The summed E-state index contributed by atoms with van der Waals surface area (Å²) in [7, 11) is 1.93. The normalized spacial score (nSPS) is 17.2. The molecule has 0 amide bonds. The van der Waals surface area contributed by atoms with Crippen LogP contribution in [-0.2, 0) is 11.3 Å². The maximum Gasteiger partial charge on any atom is 0.132 e. The number of ketones is 1. The number of benzene rings is 1. The fourth-order valence-electron chi connectivity index (χ4n) is 2.63. The van der Waals surface area contributed by atoms with E-state index in [4.69, 9.17) is 0 Å². The number of nitrogens with zero attached hydrogens (tertiary/aromatic N) is 1. The Bertz CT molecular complexity index is 451. The van der Waals surface area contributed by atoms with E-state index in [0.29, 0.717) is 36.7 Å². The molecule has 0 spiro atoms. The van der Waals surface area contributed by atoms with Crippen molar-refractivity contribution in [2.75, 3.05) is 13.6 Å². The van der Waals surface area contributed by atoms with E-state index in [-0.39, 0.29) is 0 Å². The summed E-state index contributed by atoms with van der Waals surface area (Å²) in [5.41, 5.74) is 0.510. The summed E-state index contributed by atoms with van der Waals surface area (Å²) in [6, 6.07) is 3.69. The topological polar surface area (TPSA) is 20.3 Å².